The molecule has 0 unspecified atom stereocenters. The Morgan fingerprint density at radius 1 is 1.00 bits per heavy atom. The monoisotopic (exact) mass is 423 g/mol. The van der Waals surface area contributed by atoms with E-state index in [0.717, 1.165) is 15.6 Å². The Kier molecular flexibility index (Phi) is 4.16. The minimum absolute atomic E-state index is 0.0240. The molecular formula is C16H11Br2NO3. The van der Waals surface area contributed by atoms with Crippen molar-refractivity contribution in [1.29, 1.82) is 0 Å². The summed E-state index contributed by atoms with van der Waals surface area (Å²) >= 11 is 6.75. The Morgan fingerprint density at radius 3 is 2.27 bits per heavy atom. The number of carbonyl (C=O) groups is 2. The van der Waals surface area contributed by atoms with Crippen LogP contribution >= 0.6 is 31.9 Å². The van der Waals surface area contributed by atoms with Gasteiger partial charge in [0.1, 0.15) is 0 Å². The van der Waals surface area contributed by atoms with Crippen LogP contribution < -0.4 is 4.90 Å². The fourth-order valence-electron chi connectivity index (χ4n) is 2.44. The minimum atomic E-state index is -0.528. The van der Waals surface area contributed by atoms with Crippen LogP contribution in [-0.2, 0) is 17.9 Å². The second kappa shape index (κ2) is 5.95. The average Bonchev–Trinajstić information content (AvgIpc) is 2.73. The van der Waals surface area contributed by atoms with Gasteiger partial charge in [-0.05, 0) is 39.2 Å². The zero-order chi connectivity index (χ0) is 15.9. The highest BCUT2D eigenvalue weighted by Crippen LogP contribution is 2.39. The molecule has 0 aliphatic carbocycles. The first-order chi connectivity index (χ1) is 10.5. The Bertz CT molecular complexity index is 772. The number of fused-ring (bicyclic) bond motifs is 1. The molecule has 1 aliphatic rings. The largest absolute Gasteiger partial charge is 0.392 e. The fourth-order valence-corrected chi connectivity index (χ4v) is 3.88. The Labute approximate surface area is 144 Å². The molecule has 2 aromatic carbocycles. The normalized spacial score (nSPS) is 13.7. The number of aliphatic hydroxyl groups excluding tert-OH is 1. The van der Waals surface area contributed by atoms with Crippen molar-refractivity contribution in [2.75, 3.05) is 4.90 Å². The predicted molar refractivity (Wildman–Crippen MR) is 89.7 cm³/mol. The molecule has 4 nitrogen and oxygen atoms in total. The van der Waals surface area contributed by atoms with Gasteiger partial charge in [-0.25, -0.2) is 0 Å². The van der Waals surface area contributed by atoms with Crippen LogP contribution in [0.15, 0.2) is 45.3 Å². The highest BCUT2D eigenvalue weighted by atomic mass is 79.9. The molecule has 0 bridgehead atoms. The van der Waals surface area contributed by atoms with Crippen LogP contribution in [0.3, 0.4) is 0 Å². The molecule has 3 rings (SSSR count). The molecule has 0 spiro atoms. The molecule has 1 aliphatic heterocycles. The molecule has 1 amide bonds. The third-order valence-electron chi connectivity index (χ3n) is 3.53. The van der Waals surface area contributed by atoms with E-state index < -0.39 is 11.7 Å². The van der Waals surface area contributed by atoms with E-state index in [2.05, 4.69) is 31.9 Å². The third-order valence-corrected chi connectivity index (χ3v) is 4.59. The number of halogens is 2. The van der Waals surface area contributed by atoms with Crippen LogP contribution in [0.25, 0.3) is 0 Å². The van der Waals surface area contributed by atoms with Gasteiger partial charge in [0.15, 0.2) is 0 Å². The van der Waals surface area contributed by atoms with Crippen LogP contribution in [-0.4, -0.2) is 16.8 Å². The summed E-state index contributed by atoms with van der Waals surface area (Å²) in [4.78, 5) is 25.9. The van der Waals surface area contributed by atoms with Gasteiger partial charge in [0.2, 0.25) is 0 Å². The highest BCUT2D eigenvalue weighted by Gasteiger charge is 2.37. The number of carbonyl (C=O) groups excluding carboxylic acids is 2. The molecule has 1 heterocycles. The maximum absolute atomic E-state index is 12.3. The van der Waals surface area contributed by atoms with Crippen molar-refractivity contribution < 1.29 is 14.7 Å². The Morgan fingerprint density at radius 2 is 1.64 bits per heavy atom. The van der Waals surface area contributed by atoms with Crippen molar-refractivity contribution in [2.45, 2.75) is 13.2 Å². The first-order valence-corrected chi connectivity index (χ1v) is 8.14. The van der Waals surface area contributed by atoms with Crippen molar-refractivity contribution in [2.24, 2.45) is 0 Å². The molecule has 0 radical (unpaired) electrons. The molecule has 6 heteroatoms. The number of anilines is 1. The van der Waals surface area contributed by atoms with Crippen molar-refractivity contribution >= 4 is 49.2 Å². The lowest BCUT2D eigenvalue weighted by Crippen LogP contribution is -2.29. The topological polar surface area (TPSA) is 57.6 Å². The van der Waals surface area contributed by atoms with E-state index >= 15 is 0 Å². The standard InChI is InChI=1S/C16H11Br2NO3/c17-11-5-12-14(13(18)6-11)19(16(22)15(12)21)7-9-1-3-10(8-20)4-2-9/h1-6,20H,7-8H2. The summed E-state index contributed by atoms with van der Waals surface area (Å²) in [6, 6.07) is 10.8. The summed E-state index contributed by atoms with van der Waals surface area (Å²) < 4.78 is 1.44. The number of hydrogen-bond donors (Lipinski definition) is 1. The molecule has 0 saturated heterocycles. The lowest BCUT2D eigenvalue weighted by molar-refractivity contribution is -0.114. The van der Waals surface area contributed by atoms with Gasteiger partial charge in [-0.1, -0.05) is 40.2 Å². The minimum Gasteiger partial charge on any atom is -0.392 e. The molecule has 0 fully saturated rings. The van der Waals surface area contributed by atoms with Crippen LogP contribution in [0, 0.1) is 0 Å². The molecule has 2 aromatic rings. The van der Waals surface area contributed by atoms with Gasteiger partial charge in [-0.15, -0.1) is 0 Å². The zero-order valence-electron chi connectivity index (χ0n) is 11.3. The average molecular weight is 425 g/mol. The van der Waals surface area contributed by atoms with E-state index in [4.69, 9.17) is 5.11 Å². The molecule has 0 atom stereocenters. The van der Waals surface area contributed by atoms with Crippen molar-refractivity contribution in [1.82, 2.24) is 0 Å². The van der Waals surface area contributed by atoms with E-state index in [1.807, 2.05) is 18.2 Å². The van der Waals surface area contributed by atoms with E-state index in [9.17, 15) is 9.59 Å². The first-order valence-electron chi connectivity index (χ1n) is 6.55. The summed E-state index contributed by atoms with van der Waals surface area (Å²) in [5, 5.41) is 9.06. The van der Waals surface area contributed by atoms with Crippen molar-refractivity contribution in [3.8, 4) is 0 Å². The quantitative estimate of drug-likeness (QED) is 0.768. The number of rotatable bonds is 3. The van der Waals surface area contributed by atoms with E-state index in [0.29, 0.717) is 22.3 Å². The van der Waals surface area contributed by atoms with Crippen LogP contribution in [0.1, 0.15) is 21.5 Å². The molecular weight excluding hydrogens is 414 g/mol. The lowest BCUT2D eigenvalue weighted by Gasteiger charge is -2.18. The van der Waals surface area contributed by atoms with Gasteiger partial charge < -0.3 is 5.11 Å². The maximum Gasteiger partial charge on any atom is 0.299 e. The lowest BCUT2D eigenvalue weighted by atomic mass is 10.1. The fraction of sp³-hybridized carbons (Fsp3) is 0.125. The highest BCUT2D eigenvalue weighted by molar-refractivity contribution is 9.11. The van der Waals surface area contributed by atoms with Gasteiger partial charge in [-0.3, -0.25) is 14.5 Å². The van der Waals surface area contributed by atoms with Gasteiger partial charge >= 0.3 is 0 Å². The summed E-state index contributed by atoms with van der Waals surface area (Å²) in [5.41, 5.74) is 2.70. The SMILES string of the molecule is O=C1C(=O)N(Cc2ccc(CO)cc2)c2c(Br)cc(Br)cc21. The molecule has 0 aromatic heterocycles. The summed E-state index contributed by atoms with van der Waals surface area (Å²) in [5.74, 6) is -1.02. The van der Waals surface area contributed by atoms with E-state index in [1.165, 1.54) is 4.90 Å². The number of hydrogen-bond acceptors (Lipinski definition) is 3. The Balaban J connectivity index is 1.98. The van der Waals surface area contributed by atoms with Crippen LogP contribution in [0.2, 0.25) is 0 Å². The summed E-state index contributed by atoms with van der Waals surface area (Å²) in [6.45, 7) is 0.285. The second-order valence-corrected chi connectivity index (χ2v) is 6.75. The summed E-state index contributed by atoms with van der Waals surface area (Å²) in [6.07, 6.45) is 0. The van der Waals surface area contributed by atoms with E-state index in [-0.39, 0.29) is 6.61 Å². The smallest absolute Gasteiger partial charge is 0.299 e. The zero-order valence-corrected chi connectivity index (χ0v) is 14.5. The number of benzene rings is 2. The van der Waals surface area contributed by atoms with Crippen molar-refractivity contribution in [3.63, 3.8) is 0 Å². The summed E-state index contributed by atoms with van der Waals surface area (Å²) in [7, 11) is 0. The number of nitrogens with zero attached hydrogens (tertiary/aromatic N) is 1. The molecule has 0 saturated carbocycles. The number of amides is 1. The Hall–Kier alpha value is -1.50. The van der Waals surface area contributed by atoms with Crippen LogP contribution in [0.5, 0.6) is 0 Å². The van der Waals surface area contributed by atoms with Gasteiger partial charge in [0.25, 0.3) is 11.7 Å². The predicted octanol–water partition coefficient (Wildman–Crippen LogP) is 3.43. The van der Waals surface area contributed by atoms with Gasteiger partial charge in [0, 0.05) is 8.95 Å². The van der Waals surface area contributed by atoms with Crippen LogP contribution in [0.4, 0.5) is 5.69 Å². The molecule has 1 N–H and O–H groups in total. The third kappa shape index (κ3) is 2.62. The molecule has 22 heavy (non-hydrogen) atoms. The molecule has 112 valence electrons. The van der Waals surface area contributed by atoms with Crippen molar-refractivity contribution in [3.05, 3.63) is 62.0 Å². The van der Waals surface area contributed by atoms with Gasteiger partial charge in [0.05, 0.1) is 24.4 Å². The second-order valence-electron chi connectivity index (χ2n) is 4.98. The van der Waals surface area contributed by atoms with E-state index in [1.54, 1.807) is 18.2 Å². The van der Waals surface area contributed by atoms with Gasteiger partial charge in [-0.2, -0.15) is 0 Å². The number of aliphatic hydroxyl groups is 1. The number of ketones is 1. The first kappa shape index (κ1) is 15.4. The maximum atomic E-state index is 12.3. The number of Topliss-reactive ketones (excluding diaryl/α,β-unsaturated/α-hetero) is 1.